The molecule has 118 valence electrons. The van der Waals surface area contributed by atoms with Crippen LogP contribution in [-0.4, -0.2) is 10.9 Å². The monoisotopic (exact) mass is 332 g/mol. The average Bonchev–Trinajstić information content (AvgIpc) is 3.13. The van der Waals surface area contributed by atoms with Crippen molar-refractivity contribution in [3.05, 3.63) is 88.4 Å². The van der Waals surface area contributed by atoms with Crippen molar-refractivity contribution >= 4 is 41.2 Å². The summed E-state index contributed by atoms with van der Waals surface area (Å²) in [5.74, 6) is -0.144. The van der Waals surface area contributed by atoms with E-state index in [9.17, 15) is 4.79 Å². The smallest absolute Gasteiger partial charge is 0.248 e. The lowest BCUT2D eigenvalue weighted by Gasteiger charge is -2.03. The molecule has 3 nitrogen and oxygen atoms in total. The number of thiophene rings is 1. The molecule has 1 amide bonds. The molecule has 0 aliphatic heterocycles. The fourth-order valence-electron chi connectivity index (χ4n) is 2.10. The Morgan fingerprint density at radius 1 is 1.00 bits per heavy atom. The molecule has 4 heteroatoms. The molecule has 0 saturated carbocycles. The number of carbonyl (C=O) groups excluding carboxylic acids is 1. The van der Waals surface area contributed by atoms with Gasteiger partial charge in [-0.15, -0.1) is 11.3 Å². The number of carbonyl (C=O) groups is 1. The van der Waals surface area contributed by atoms with Crippen LogP contribution in [0.4, 0.5) is 5.69 Å². The van der Waals surface area contributed by atoms with Crippen molar-refractivity contribution in [2.24, 2.45) is 0 Å². The van der Waals surface area contributed by atoms with Crippen LogP contribution in [0, 0.1) is 0 Å². The highest BCUT2D eigenvalue weighted by atomic mass is 32.1. The minimum Gasteiger partial charge on any atom is -0.322 e. The van der Waals surface area contributed by atoms with Crippen molar-refractivity contribution in [3.8, 4) is 0 Å². The van der Waals surface area contributed by atoms with Crippen molar-refractivity contribution in [1.82, 2.24) is 4.98 Å². The van der Waals surface area contributed by atoms with Crippen molar-refractivity contribution in [3.63, 3.8) is 0 Å². The molecule has 0 unspecified atom stereocenters. The predicted octanol–water partition coefficient (Wildman–Crippen LogP) is 4.97. The van der Waals surface area contributed by atoms with Crippen molar-refractivity contribution in [1.29, 1.82) is 0 Å². The molecule has 2 heterocycles. The summed E-state index contributed by atoms with van der Waals surface area (Å²) in [5, 5.41) is 4.85. The summed E-state index contributed by atoms with van der Waals surface area (Å²) >= 11 is 1.60. The van der Waals surface area contributed by atoms with E-state index in [1.807, 2.05) is 78.2 Å². The zero-order valence-electron chi connectivity index (χ0n) is 12.9. The molecule has 24 heavy (non-hydrogen) atoms. The van der Waals surface area contributed by atoms with Crippen LogP contribution in [0.15, 0.2) is 72.3 Å². The van der Waals surface area contributed by atoms with Gasteiger partial charge < -0.3 is 5.32 Å². The summed E-state index contributed by atoms with van der Waals surface area (Å²) in [4.78, 5) is 17.3. The third-order valence-corrected chi connectivity index (χ3v) is 4.07. The SMILES string of the molecule is O=C(C=Cc1cccs1)Nc1cccc(C=Cc2ccccn2)c1. The van der Waals surface area contributed by atoms with Gasteiger partial charge in [-0.25, -0.2) is 0 Å². The molecule has 0 spiro atoms. The summed E-state index contributed by atoms with van der Waals surface area (Å²) in [6, 6.07) is 17.4. The fourth-order valence-corrected chi connectivity index (χ4v) is 2.72. The number of nitrogens with zero attached hydrogens (tertiary/aromatic N) is 1. The van der Waals surface area contributed by atoms with Gasteiger partial charge in [0.1, 0.15) is 0 Å². The van der Waals surface area contributed by atoms with Gasteiger partial charge in [0.05, 0.1) is 5.69 Å². The van der Waals surface area contributed by atoms with Gasteiger partial charge in [-0.2, -0.15) is 0 Å². The number of nitrogens with one attached hydrogen (secondary N) is 1. The molecule has 0 fully saturated rings. The van der Waals surface area contributed by atoms with Crippen molar-refractivity contribution in [2.45, 2.75) is 0 Å². The number of hydrogen-bond donors (Lipinski definition) is 1. The van der Waals surface area contributed by atoms with Gasteiger partial charge in [0.2, 0.25) is 5.91 Å². The van der Waals surface area contributed by atoms with E-state index < -0.39 is 0 Å². The summed E-state index contributed by atoms with van der Waals surface area (Å²) < 4.78 is 0. The number of rotatable bonds is 5. The quantitative estimate of drug-likeness (QED) is 0.671. The Morgan fingerprint density at radius 3 is 2.75 bits per heavy atom. The third-order valence-electron chi connectivity index (χ3n) is 3.23. The van der Waals surface area contributed by atoms with Gasteiger partial charge in [0.25, 0.3) is 0 Å². The first-order chi connectivity index (χ1) is 11.8. The number of benzene rings is 1. The summed E-state index contributed by atoms with van der Waals surface area (Å²) in [5.41, 5.74) is 2.66. The van der Waals surface area contributed by atoms with Gasteiger partial charge in [0.15, 0.2) is 0 Å². The van der Waals surface area contributed by atoms with E-state index in [2.05, 4.69) is 10.3 Å². The Balaban J connectivity index is 1.64. The molecule has 2 aromatic heterocycles. The molecule has 3 rings (SSSR count). The Labute approximate surface area is 145 Å². The molecule has 0 aliphatic carbocycles. The number of amides is 1. The van der Waals surface area contributed by atoms with E-state index >= 15 is 0 Å². The molecular formula is C20H16N2OS. The van der Waals surface area contributed by atoms with Crippen LogP contribution in [0.5, 0.6) is 0 Å². The largest absolute Gasteiger partial charge is 0.322 e. The zero-order chi connectivity index (χ0) is 16.6. The third kappa shape index (κ3) is 4.76. The maximum absolute atomic E-state index is 12.0. The van der Waals surface area contributed by atoms with Crippen LogP contribution >= 0.6 is 11.3 Å². The van der Waals surface area contributed by atoms with Gasteiger partial charge in [-0.3, -0.25) is 9.78 Å². The van der Waals surface area contributed by atoms with E-state index in [-0.39, 0.29) is 5.91 Å². The van der Waals surface area contributed by atoms with Gasteiger partial charge in [-0.1, -0.05) is 30.3 Å². The Hall–Kier alpha value is -2.98. The van der Waals surface area contributed by atoms with E-state index in [0.717, 1.165) is 21.8 Å². The second kappa shape index (κ2) is 8.04. The summed E-state index contributed by atoms with van der Waals surface area (Å²) in [6.07, 6.45) is 9.03. The van der Waals surface area contributed by atoms with Gasteiger partial charge >= 0.3 is 0 Å². The highest BCUT2D eigenvalue weighted by Crippen LogP contribution is 2.14. The van der Waals surface area contributed by atoms with Crippen LogP contribution in [0.25, 0.3) is 18.2 Å². The molecule has 0 saturated heterocycles. The maximum Gasteiger partial charge on any atom is 0.248 e. The lowest BCUT2D eigenvalue weighted by molar-refractivity contribution is -0.111. The molecule has 0 radical (unpaired) electrons. The van der Waals surface area contributed by atoms with E-state index in [4.69, 9.17) is 0 Å². The van der Waals surface area contributed by atoms with Crippen LogP contribution in [0.2, 0.25) is 0 Å². The molecule has 0 aliphatic rings. The molecule has 3 aromatic rings. The topological polar surface area (TPSA) is 42.0 Å². The van der Waals surface area contributed by atoms with E-state index in [1.165, 1.54) is 0 Å². The van der Waals surface area contributed by atoms with E-state index in [0.29, 0.717) is 0 Å². The number of hydrogen-bond acceptors (Lipinski definition) is 3. The highest BCUT2D eigenvalue weighted by Gasteiger charge is 1.99. The molecule has 0 atom stereocenters. The van der Waals surface area contributed by atoms with E-state index in [1.54, 1.807) is 23.6 Å². The second-order valence-corrected chi connectivity index (χ2v) is 6.03. The highest BCUT2D eigenvalue weighted by molar-refractivity contribution is 7.10. The number of aromatic nitrogens is 1. The van der Waals surface area contributed by atoms with Crippen LogP contribution in [-0.2, 0) is 4.79 Å². The maximum atomic E-state index is 12.0. The van der Waals surface area contributed by atoms with Crippen LogP contribution < -0.4 is 5.32 Å². The van der Waals surface area contributed by atoms with Crippen molar-refractivity contribution < 1.29 is 4.79 Å². The van der Waals surface area contributed by atoms with Gasteiger partial charge in [0, 0.05) is 22.8 Å². The molecule has 0 bridgehead atoms. The Bertz CT molecular complexity index is 852. The number of pyridine rings is 1. The minimum atomic E-state index is -0.144. The zero-order valence-corrected chi connectivity index (χ0v) is 13.7. The lowest BCUT2D eigenvalue weighted by Crippen LogP contribution is -2.07. The molecule has 1 N–H and O–H groups in total. The first-order valence-electron chi connectivity index (χ1n) is 7.51. The first-order valence-corrected chi connectivity index (χ1v) is 8.39. The summed E-state index contributed by atoms with van der Waals surface area (Å²) in [6.45, 7) is 0. The standard InChI is InChI=1S/C20H16N2OS/c23-20(12-11-19-8-4-14-24-19)22-18-7-3-5-16(15-18)9-10-17-6-1-2-13-21-17/h1-15H,(H,22,23). The molecule has 1 aromatic carbocycles. The molecular weight excluding hydrogens is 316 g/mol. The average molecular weight is 332 g/mol. The fraction of sp³-hybridized carbons (Fsp3) is 0. The van der Waals surface area contributed by atoms with Crippen molar-refractivity contribution in [2.75, 3.05) is 5.32 Å². The second-order valence-electron chi connectivity index (χ2n) is 5.05. The lowest BCUT2D eigenvalue weighted by atomic mass is 10.1. The van der Waals surface area contributed by atoms with Crippen LogP contribution in [0.1, 0.15) is 16.1 Å². The predicted molar refractivity (Wildman–Crippen MR) is 102 cm³/mol. The first kappa shape index (κ1) is 15.9. The summed E-state index contributed by atoms with van der Waals surface area (Å²) in [7, 11) is 0. The normalized spacial score (nSPS) is 11.2. The van der Waals surface area contributed by atoms with Crippen LogP contribution in [0.3, 0.4) is 0 Å². The Morgan fingerprint density at radius 2 is 1.96 bits per heavy atom. The van der Waals surface area contributed by atoms with Gasteiger partial charge in [-0.05, 0) is 53.4 Å². The number of anilines is 1. The Kier molecular flexibility index (Phi) is 5.32. The minimum absolute atomic E-state index is 0.144.